The second kappa shape index (κ2) is 8.97. The summed E-state index contributed by atoms with van der Waals surface area (Å²) in [5.41, 5.74) is 3.51. The number of carbonyl (C=O) groups excluding carboxylic acids is 2. The minimum Gasteiger partial charge on any atom is -0.462 e. The summed E-state index contributed by atoms with van der Waals surface area (Å²) in [5.74, 6) is -0.356. The van der Waals surface area contributed by atoms with E-state index in [0.717, 1.165) is 11.4 Å². The van der Waals surface area contributed by atoms with Gasteiger partial charge < -0.3 is 15.4 Å². The molecular weight excluding hydrogens is 368 g/mol. The van der Waals surface area contributed by atoms with Crippen LogP contribution < -0.4 is 10.6 Å². The van der Waals surface area contributed by atoms with E-state index in [9.17, 15) is 9.59 Å². The highest BCUT2D eigenvalue weighted by Gasteiger charge is 2.15. The van der Waals surface area contributed by atoms with Gasteiger partial charge in [-0.2, -0.15) is 0 Å². The zero-order valence-corrected chi connectivity index (χ0v) is 16.5. The number of aromatic nitrogens is 2. The van der Waals surface area contributed by atoms with E-state index in [-0.39, 0.29) is 12.5 Å². The summed E-state index contributed by atoms with van der Waals surface area (Å²) in [4.78, 5) is 33.5. The molecule has 0 saturated carbocycles. The average molecular weight is 390 g/mol. The summed E-state index contributed by atoms with van der Waals surface area (Å²) < 4.78 is 5.05. The Bertz CT molecular complexity index is 1030. The molecule has 1 heterocycles. The number of rotatable bonds is 6. The molecule has 0 saturated heterocycles. The van der Waals surface area contributed by atoms with E-state index >= 15 is 0 Å². The van der Waals surface area contributed by atoms with E-state index < -0.39 is 5.97 Å². The van der Waals surface area contributed by atoms with Crippen LogP contribution in [-0.4, -0.2) is 28.5 Å². The standard InChI is InChI=1S/C22H22N4O3/c1-4-29-21(28)18-10-5-6-11-19(18)26-20(27)16-8-7-9-17(13-16)25-22-23-14(2)12-15(3)24-22/h5-13H,4H2,1-3H3,(H,26,27)(H,23,24,25). The van der Waals surface area contributed by atoms with Crippen LogP contribution in [0.15, 0.2) is 54.6 Å². The summed E-state index contributed by atoms with van der Waals surface area (Å²) in [6.07, 6.45) is 0. The molecule has 0 fully saturated rings. The predicted octanol–water partition coefficient (Wildman–Crippen LogP) is 4.27. The molecule has 29 heavy (non-hydrogen) atoms. The van der Waals surface area contributed by atoms with Crippen LogP contribution in [0.2, 0.25) is 0 Å². The third kappa shape index (κ3) is 5.16. The monoisotopic (exact) mass is 390 g/mol. The van der Waals surface area contributed by atoms with E-state index in [1.807, 2.05) is 26.0 Å². The van der Waals surface area contributed by atoms with Crippen molar-refractivity contribution in [3.05, 3.63) is 77.1 Å². The summed E-state index contributed by atoms with van der Waals surface area (Å²) in [6, 6.07) is 15.6. The third-order valence-corrected chi connectivity index (χ3v) is 4.03. The van der Waals surface area contributed by atoms with Crippen molar-refractivity contribution in [1.29, 1.82) is 0 Å². The lowest BCUT2D eigenvalue weighted by molar-refractivity contribution is 0.0527. The fourth-order valence-electron chi connectivity index (χ4n) is 2.82. The molecule has 0 unspecified atom stereocenters. The van der Waals surface area contributed by atoms with Crippen LogP contribution in [-0.2, 0) is 4.74 Å². The fourth-order valence-corrected chi connectivity index (χ4v) is 2.82. The number of carbonyl (C=O) groups is 2. The van der Waals surface area contributed by atoms with Crippen LogP contribution in [0, 0.1) is 13.8 Å². The number of hydrogen-bond acceptors (Lipinski definition) is 6. The number of benzene rings is 2. The summed E-state index contributed by atoms with van der Waals surface area (Å²) in [6.45, 7) is 5.78. The Morgan fingerprint density at radius 2 is 1.69 bits per heavy atom. The zero-order valence-electron chi connectivity index (χ0n) is 16.5. The van der Waals surface area contributed by atoms with Gasteiger partial charge in [0.15, 0.2) is 0 Å². The van der Waals surface area contributed by atoms with Gasteiger partial charge in [0, 0.05) is 22.6 Å². The van der Waals surface area contributed by atoms with Crippen LogP contribution in [0.4, 0.5) is 17.3 Å². The summed E-state index contributed by atoms with van der Waals surface area (Å²) in [5, 5.41) is 5.89. The SMILES string of the molecule is CCOC(=O)c1ccccc1NC(=O)c1cccc(Nc2nc(C)cc(C)n2)c1. The average Bonchev–Trinajstić information content (AvgIpc) is 2.68. The molecule has 0 aliphatic carbocycles. The van der Waals surface area contributed by atoms with Gasteiger partial charge in [-0.05, 0) is 57.2 Å². The summed E-state index contributed by atoms with van der Waals surface area (Å²) >= 11 is 0. The van der Waals surface area contributed by atoms with Crippen LogP contribution in [0.5, 0.6) is 0 Å². The number of ether oxygens (including phenoxy) is 1. The molecule has 3 rings (SSSR count). The first-order valence-electron chi connectivity index (χ1n) is 9.23. The van der Waals surface area contributed by atoms with Gasteiger partial charge >= 0.3 is 5.97 Å². The third-order valence-electron chi connectivity index (χ3n) is 4.03. The topological polar surface area (TPSA) is 93.2 Å². The number of nitrogens with zero attached hydrogens (tertiary/aromatic N) is 2. The number of para-hydroxylation sites is 1. The minimum absolute atomic E-state index is 0.259. The lowest BCUT2D eigenvalue weighted by Gasteiger charge is -2.11. The van der Waals surface area contributed by atoms with Crippen molar-refractivity contribution in [3.63, 3.8) is 0 Å². The van der Waals surface area contributed by atoms with E-state index in [4.69, 9.17) is 4.74 Å². The molecule has 7 heteroatoms. The van der Waals surface area contributed by atoms with Crippen molar-refractivity contribution in [2.24, 2.45) is 0 Å². The van der Waals surface area contributed by atoms with Gasteiger partial charge in [0.1, 0.15) is 0 Å². The fraction of sp³-hybridized carbons (Fsp3) is 0.182. The molecule has 1 aromatic heterocycles. The quantitative estimate of drug-likeness (QED) is 0.611. The van der Waals surface area contributed by atoms with Gasteiger partial charge in [-0.1, -0.05) is 18.2 Å². The molecule has 3 aromatic rings. The lowest BCUT2D eigenvalue weighted by Crippen LogP contribution is -2.16. The molecular formula is C22H22N4O3. The highest BCUT2D eigenvalue weighted by atomic mass is 16.5. The molecule has 0 bridgehead atoms. The highest BCUT2D eigenvalue weighted by Crippen LogP contribution is 2.20. The van der Waals surface area contributed by atoms with Crippen LogP contribution in [0.1, 0.15) is 39.0 Å². The number of anilines is 3. The maximum Gasteiger partial charge on any atom is 0.340 e. The van der Waals surface area contributed by atoms with E-state index in [1.54, 1.807) is 49.4 Å². The lowest BCUT2D eigenvalue weighted by atomic mass is 10.1. The molecule has 148 valence electrons. The largest absolute Gasteiger partial charge is 0.462 e. The van der Waals surface area contributed by atoms with Gasteiger partial charge in [-0.15, -0.1) is 0 Å². The Kier molecular flexibility index (Phi) is 6.19. The molecule has 0 aliphatic rings. The molecule has 0 aliphatic heterocycles. The van der Waals surface area contributed by atoms with Crippen LogP contribution in [0.25, 0.3) is 0 Å². The van der Waals surface area contributed by atoms with Crippen molar-refractivity contribution in [1.82, 2.24) is 9.97 Å². The Labute approximate surface area is 169 Å². The normalized spacial score (nSPS) is 10.3. The van der Waals surface area contributed by atoms with Crippen LogP contribution >= 0.6 is 0 Å². The van der Waals surface area contributed by atoms with Crippen molar-refractivity contribution in [3.8, 4) is 0 Å². The molecule has 0 atom stereocenters. The second-order valence-corrected chi connectivity index (χ2v) is 6.40. The van der Waals surface area contributed by atoms with E-state index in [2.05, 4.69) is 20.6 Å². The number of aryl methyl sites for hydroxylation is 2. The van der Waals surface area contributed by atoms with Crippen LogP contribution in [0.3, 0.4) is 0 Å². The Morgan fingerprint density at radius 1 is 0.966 bits per heavy atom. The molecule has 0 radical (unpaired) electrons. The number of esters is 1. The predicted molar refractivity (Wildman–Crippen MR) is 112 cm³/mol. The Hall–Kier alpha value is -3.74. The Balaban J connectivity index is 1.79. The van der Waals surface area contributed by atoms with Gasteiger partial charge in [-0.25, -0.2) is 14.8 Å². The number of hydrogen-bond donors (Lipinski definition) is 2. The second-order valence-electron chi connectivity index (χ2n) is 6.40. The Morgan fingerprint density at radius 3 is 2.41 bits per heavy atom. The first-order valence-corrected chi connectivity index (χ1v) is 9.23. The van der Waals surface area contributed by atoms with Gasteiger partial charge in [0.25, 0.3) is 5.91 Å². The highest BCUT2D eigenvalue weighted by molar-refractivity contribution is 6.08. The first-order chi connectivity index (χ1) is 14.0. The van der Waals surface area contributed by atoms with Crippen molar-refractivity contribution in [2.45, 2.75) is 20.8 Å². The zero-order chi connectivity index (χ0) is 20.8. The molecule has 0 spiro atoms. The maximum absolute atomic E-state index is 12.7. The molecule has 2 N–H and O–H groups in total. The number of nitrogens with one attached hydrogen (secondary N) is 2. The van der Waals surface area contributed by atoms with Crippen molar-refractivity contribution < 1.29 is 14.3 Å². The summed E-state index contributed by atoms with van der Waals surface area (Å²) in [7, 11) is 0. The maximum atomic E-state index is 12.7. The van der Waals surface area contributed by atoms with Crippen molar-refractivity contribution in [2.75, 3.05) is 17.2 Å². The van der Waals surface area contributed by atoms with E-state index in [0.29, 0.717) is 28.5 Å². The smallest absolute Gasteiger partial charge is 0.340 e. The molecule has 7 nitrogen and oxygen atoms in total. The molecule has 1 amide bonds. The molecule has 2 aromatic carbocycles. The van der Waals surface area contributed by atoms with Gasteiger partial charge in [0.05, 0.1) is 17.9 Å². The van der Waals surface area contributed by atoms with Gasteiger partial charge in [0.2, 0.25) is 5.95 Å². The van der Waals surface area contributed by atoms with Crippen molar-refractivity contribution >= 4 is 29.2 Å². The van der Waals surface area contributed by atoms with E-state index in [1.165, 1.54) is 0 Å². The van der Waals surface area contributed by atoms with Gasteiger partial charge in [-0.3, -0.25) is 4.79 Å². The number of amides is 1. The first kappa shape index (κ1) is 20.0. The minimum atomic E-state index is -0.481.